The van der Waals surface area contributed by atoms with Crippen molar-refractivity contribution < 1.29 is 23.5 Å². The maximum atomic E-state index is 12.9. The number of halogens is 1. The summed E-state index contributed by atoms with van der Waals surface area (Å²) in [7, 11) is 0. The van der Waals surface area contributed by atoms with Gasteiger partial charge < -0.3 is 9.47 Å². The van der Waals surface area contributed by atoms with Crippen LogP contribution in [0, 0.1) is 11.7 Å². The first-order valence-electron chi connectivity index (χ1n) is 8.60. The van der Waals surface area contributed by atoms with E-state index in [9.17, 15) is 14.0 Å². The van der Waals surface area contributed by atoms with E-state index in [1.54, 1.807) is 24.3 Å². The Kier molecular flexibility index (Phi) is 7.16. The fourth-order valence-electron chi connectivity index (χ4n) is 2.05. The van der Waals surface area contributed by atoms with Gasteiger partial charge in [-0.1, -0.05) is 19.9 Å². The SMILES string of the molecule is CC(C)COc1cccc(C(=O)NNC(=O)[C@H](C)Oc2ccc(F)cc2)c1. The first-order chi connectivity index (χ1) is 12.8. The van der Waals surface area contributed by atoms with Crippen LogP contribution in [0.5, 0.6) is 11.5 Å². The molecular weight excluding hydrogens is 351 g/mol. The zero-order chi connectivity index (χ0) is 19.8. The van der Waals surface area contributed by atoms with Gasteiger partial charge in [-0.05, 0) is 55.3 Å². The molecule has 0 aliphatic rings. The minimum atomic E-state index is -0.878. The molecule has 6 nitrogen and oxygen atoms in total. The molecule has 2 N–H and O–H groups in total. The molecule has 2 aromatic rings. The lowest BCUT2D eigenvalue weighted by Crippen LogP contribution is -2.47. The van der Waals surface area contributed by atoms with Crippen LogP contribution in [0.4, 0.5) is 4.39 Å². The molecule has 0 saturated heterocycles. The maximum absolute atomic E-state index is 12.9. The molecule has 0 bridgehead atoms. The second kappa shape index (κ2) is 9.56. The lowest BCUT2D eigenvalue weighted by atomic mass is 10.2. The lowest BCUT2D eigenvalue weighted by Gasteiger charge is -2.15. The lowest BCUT2D eigenvalue weighted by molar-refractivity contribution is -0.128. The average molecular weight is 374 g/mol. The van der Waals surface area contributed by atoms with Gasteiger partial charge >= 0.3 is 0 Å². The first-order valence-corrected chi connectivity index (χ1v) is 8.60. The largest absolute Gasteiger partial charge is 0.493 e. The summed E-state index contributed by atoms with van der Waals surface area (Å²) < 4.78 is 23.9. The average Bonchev–Trinajstić information content (AvgIpc) is 2.66. The van der Waals surface area contributed by atoms with Crippen LogP contribution in [-0.2, 0) is 4.79 Å². The molecule has 0 aromatic heterocycles. The van der Waals surface area contributed by atoms with E-state index in [0.29, 0.717) is 29.6 Å². The van der Waals surface area contributed by atoms with Crippen LogP contribution >= 0.6 is 0 Å². The van der Waals surface area contributed by atoms with Gasteiger partial charge in [0.15, 0.2) is 6.10 Å². The highest BCUT2D eigenvalue weighted by molar-refractivity contribution is 5.96. The third-order valence-electron chi connectivity index (χ3n) is 3.47. The van der Waals surface area contributed by atoms with Crippen LogP contribution in [0.1, 0.15) is 31.1 Å². The highest BCUT2D eigenvalue weighted by Gasteiger charge is 2.16. The fourth-order valence-corrected chi connectivity index (χ4v) is 2.05. The zero-order valence-electron chi connectivity index (χ0n) is 15.5. The second-order valence-electron chi connectivity index (χ2n) is 6.39. The molecule has 0 spiro atoms. The van der Waals surface area contributed by atoms with Crippen molar-refractivity contribution in [3.8, 4) is 11.5 Å². The number of hydrogen-bond donors (Lipinski definition) is 2. The van der Waals surface area contributed by atoms with Crippen LogP contribution < -0.4 is 20.3 Å². The summed E-state index contributed by atoms with van der Waals surface area (Å²) >= 11 is 0. The molecule has 0 fully saturated rings. The Morgan fingerprint density at radius 3 is 2.37 bits per heavy atom. The van der Waals surface area contributed by atoms with E-state index in [-0.39, 0.29) is 0 Å². The smallest absolute Gasteiger partial charge is 0.279 e. The highest BCUT2D eigenvalue weighted by atomic mass is 19.1. The Hall–Kier alpha value is -3.09. The monoisotopic (exact) mass is 374 g/mol. The number of hydrogen-bond acceptors (Lipinski definition) is 4. The second-order valence-corrected chi connectivity index (χ2v) is 6.39. The molecule has 0 unspecified atom stereocenters. The van der Waals surface area contributed by atoms with Crippen LogP contribution in [0.25, 0.3) is 0 Å². The summed E-state index contributed by atoms with van der Waals surface area (Å²) in [5.41, 5.74) is 4.99. The van der Waals surface area contributed by atoms with Crippen molar-refractivity contribution in [3.05, 3.63) is 59.9 Å². The van der Waals surface area contributed by atoms with Gasteiger partial charge in [0.05, 0.1) is 6.61 Å². The summed E-state index contributed by atoms with van der Waals surface area (Å²) in [5.74, 6) is -0.126. The summed E-state index contributed by atoms with van der Waals surface area (Å²) in [5, 5.41) is 0. The van der Waals surface area contributed by atoms with Crippen molar-refractivity contribution in [2.75, 3.05) is 6.61 Å². The molecule has 144 valence electrons. The summed E-state index contributed by atoms with van der Waals surface area (Å²) in [4.78, 5) is 24.2. The summed E-state index contributed by atoms with van der Waals surface area (Å²) in [6.45, 7) is 6.12. The van der Waals surface area contributed by atoms with E-state index in [2.05, 4.69) is 10.9 Å². The Morgan fingerprint density at radius 1 is 1.00 bits per heavy atom. The molecule has 0 heterocycles. The molecule has 2 amide bonds. The maximum Gasteiger partial charge on any atom is 0.279 e. The predicted octanol–water partition coefficient (Wildman–Crippen LogP) is 3.09. The number of carbonyl (C=O) groups excluding carboxylic acids is 2. The van der Waals surface area contributed by atoms with E-state index in [1.807, 2.05) is 13.8 Å². The molecule has 0 radical (unpaired) electrons. The van der Waals surface area contributed by atoms with Gasteiger partial charge in [-0.3, -0.25) is 20.4 Å². The van der Waals surface area contributed by atoms with E-state index < -0.39 is 23.7 Å². The summed E-state index contributed by atoms with van der Waals surface area (Å²) in [6.07, 6.45) is -0.878. The standard InChI is InChI=1S/C20H23FN2O4/c1-13(2)12-26-18-6-4-5-15(11-18)20(25)23-22-19(24)14(3)27-17-9-7-16(21)8-10-17/h4-11,13-14H,12H2,1-3H3,(H,22,24)(H,23,25)/t14-/m0/s1. The Labute approximate surface area is 157 Å². The molecule has 2 aromatic carbocycles. The Morgan fingerprint density at radius 2 is 1.70 bits per heavy atom. The van der Waals surface area contributed by atoms with E-state index >= 15 is 0 Å². The highest BCUT2D eigenvalue weighted by Crippen LogP contribution is 2.15. The molecule has 7 heteroatoms. The van der Waals surface area contributed by atoms with Gasteiger partial charge in [-0.25, -0.2) is 4.39 Å². The number of hydrazine groups is 1. The Balaban J connectivity index is 1.86. The van der Waals surface area contributed by atoms with Crippen LogP contribution in [0.2, 0.25) is 0 Å². The number of ether oxygens (including phenoxy) is 2. The third kappa shape index (κ3) is 6.62. The van der Waals surface area contributed by atoms with E-state index in [0.717, 1.165) is 0 Å². The number of carbonyl (C=O) groups is 2. The van der Waals surface area contributed by atoms with Gasteiger partial charge in [0.25, 0.3) is 11.8 Å². The van der Waals surface area contributed by atoms with E-state index in [1.165, 1.54) is 31.2 Å². The van der Waals surface area contributed by atoms with Gasteiger partial charge in [0.1, 0.15) is 17.3 Å². The fraction of sp³-hybridized carbons (Fsp3) is 0.300. The number of rotatable bonds is 7. The van der Waals surface area contributed by atoms with Crippen molar-refractivity contribution in [2.24, 2.45) is 5.92 Å². The minimum Gasteiger partial charge on any atom is -0.493 e. The molecule has 0 aliphatic carbocycles. The zero-order valence-corrected chi connectivity index (χ0v) is 15.5. The molecule has 1 atom stereocenters. The number of benzene rings is 2. The predicted molar refractivity (Wildman–Crippen MR) is 98.9 cm³/mol. The van der Waals surface area contributed by atoms with Crippen LogP contribution in [0.15, 0.2) is 48.5 Å². The quantitative estimate of drug-likeness (QED) is 0.730. The van der Waals surface area contributed by atoms with Crippen molar-refractivity contribution in [1.82, 2.24) is 10.9 Å². The van der Waals surface area contributed by atoms with E-state index in [4.69, 9.17) is 9.47 Å². The van der Waals surface area contributed by atoms with Crippen molar-refractivity contribution in [3.63, 3.8) is 0 Å². The molecule has 0 saturated carbocycles. The minimum absolute atomic E-state index is 0.348. The van der Waals surface area contributed by atoms with Gasteiger partial charge in [0.2, 0.25) is 0 Å². The Bertz CT molecular complexity index is 778. The molecule has 2 rings (SSSR count). The van der Waals surface area contributed by atoms with Crippen LogP contribution in [0.3, 0.4) is 0 Å². The topological polar surface area (TPSA) is 76.7 Å². The van der Waals surface area contributed by atoms with Gasteiger partial charge in [-0.15, -0.1) is 0 Å². The molecule has 0 aliphatic heterocycles. The van der Waals surface area contributed by atoms with Gasteiger partial charge in [0, 0.05) is 5.56 Å². The number of nitrogens with one attached hydrogen (secondary N) is 2. The molecular formula is C20H23FN2O4. The normalized spacial score (nSPS) is 11.6. The van der Waals surface area contributed by atoms with Crippen molar-refractivity contribution in [2.45, 2.75) is 26.9 Å². The third-order valence-corrected chi connectivity index (χ3v) is 3.47. The summed E-state index contributed by atoms with van der Waals surface area (Å²) in [6, 6.07) is 12.0. The van der Waals surface area contributed by atoms with Crippen LogP contribution in [-0.4, -0.2) is 24.5 Å². The van der Waals surface area contributed by atoms with Crippen molar-refractivity contribution >= 4 is 11.8 Å². The number of amides is 2. The van der Waals surface area contributed by atoms with Gasteiger partial charge in [-0.2, -0.15) is 0 Å². The molecule has 27 heavy (non-hydrogen) atoms. The first kappa shape index (κ1) is 20.2. The van der Waals surface area contributed by atoms with Crippen molar-refractivity contribution in [1.29, 1.82) is 0 Å².